The summed E-state index contributed by atoms with van der Waals surface area (Å²) in [7, 11) is 0. The van der Waals surface area contributed by atoms with Crippen molar-refractivity contribution < 1.29 is 9.53 Å². The molecular formula is C16H27ClN2O2. The van der Waals surface area contributed by atoms with Gasteiger partial charge in [0.25, 0.3) is 0 Å². The Kier molecular flexibility index (Phi) is 4.37. The number of nitrogens with zero attached hydrogens (tertiary/aromatic N) is 1. The van der Waals surface area contributed by atoms with Gasteiger partial charge in [-0.3, -0.25) is 0 Å². The number of carbonyl (C=O) groups excluding carboxylic acids is 1. The molecule has 4 rings (SSSR count). The molecule has 21 heavy (non-hydrogen) atoms. The van der Waals surface area contributed by atoms with Crippen LogP contribution in [0.3, 0.4) is 0 Å². The zero-order valence-electron chi connectivity index (χ0n) is 12.7. The van der Waals surface area contributed by atoms with E-state index in [0.717, 1.165) is 25.8 Å². The van der Waals surface area contributed by atoms with Gasteiger partial charge in [0.05, 0.1) is 0 Å². The molecule has 2 bridgehead atoms. The molecule has 4 nitrogen and oxygen atoms in total. The van der Waals surface area contributed by atoms with Crippen molar-refractivity contribution in [2.75, 3.05) is 6.54 Å². The largest absolute Gasteiger partial charge is 0.443 e. The number of amides is 1. The van der Waals surface area contributed by atoms with Gasteiger partial charge in [-0.2, -0.15) is 0 Å². The molecule has 1 amide bonds. The second-order valence-corrected chi connectivity index (χ2v) is 7.33. The molecule has 1 saturated carbocycles. The van der Waals surface area contributed by atoms with Crippen LogP contribution in [-0.2, 0) is 4.74 Å². The highest BCUT2D eigenvalue weighted by Gasteiger charge is 2.49. The van der Waals surface area contributed by atoms with Gasteiger partial charge in [-0.25, -0.2) is 4.79 Å². The molecule has 3 saturated heterocycles. The highest BCUT2D eigenvalue weighted by molar-refractivity contribution is 5.85. The fourth-order valence-electron chi connectivity index (χ4n) is 4.93. The van der Waals surface area contributed by atoms with E-state index in [0.29, 0.717) is 18.1 Å². The van der Waals surface area contributed by atoms with Crippen LogP contribution >= 0.6 is 12.4 Å². The molecule has 5 heteroatoms. The molecule has 4 aliphatic rings. The Morgan fingerprint density at radius 3 is 2.33 bits per heavy atom. The maximum atomic E-state index is 12.5. The fourth-order valence-corrected chi connectivity index (χ4v) is 4.93. The average Bonchev–Trinajstić information content (AvgIpc) is 2.80. The predicted octanol–water partition coefficient (Wildman–Crippen LogP) is 3.24. The normalized spacial score (nSPS) is 40.0. The van der Waals surface area contributed by atoms with E-state index in [1.807, 2.05) is 4.90 Å². The monoisotopic (exact) mass is 314 g/mol. The molecule has 0 radical (unpaired) electrons. The molecule has 1 N–H and O–H groups in total. The molecular weight excluding hydrogens is 288 g/mol. The molecule has 0 aromatic rings. The summed E-state index contributed by atoms with van der Waals surface area (Å²) in [5.74, 6) is 0. The number of hydrogen-bond acceptors (Lipinski definition) is 3. The number of hydrogen-bond donors (Lipinski definition) is 1. The topological polar surface area (TPSA) is 41.6 Å². The molecule has 4 fully saturated rings. The first-order chi connectivity index (χ1) is 9.74. The average molecular weight is 315 g/mol. The summed E-state index contributed by atoms with van der Waals surface area (Å²) < 4.78 is 6.01. The number of rotatable bonds is 1. The van der Waals surface area contributed by atoms with E-state index < -0.39 is 0 Å². The van der Waals surface area contributed by atoms with Gasteiger partial charge in [0.1, 0.15) is 5.60 Å². The number of piperidine rings is 1. The van der Waals surface area contributed by atoms with Crippen molar-refractivity contribution >= 4 is 18.5 Å². The minimum absolute atomic E-state index is 0. The Labute approximate surface area is 133 Å². The maximum absolute atomic E-state index is 12.5. The van der Waals surface area contributed by atoms with Crippen LogP contribution < -0.4 is 5.32 Å². The van der Waals surface area contributed by atoms with Crippen LogP contribution in [0.25, 0.3) is 0 Å². The third-order valence-corrected chi connectivity index (χ3v) is 5.93. The van der Waals surface area contributed by atoms with Gasteiger partial charge >= 0.3 is 6.09 Å². The third kappa shape index (κ3) is 2.89. The summed E-state index contributed by atoms with van der Waals surface area (Å²) in [4.78, 5) is 14.5. The lowest BCUT2D eigenvalue weighted by molar-refractivity contribution is -0.0833. The van der Waals surface area contributed by atoms with Crippen molar-refractivity contribution in [3.63, 3.8) is 0 Å². The van der Waals surface area contributed by atoms with Crippen LogP contribution in [0.4, 0.5) is 4.79 Å². The van der Waals surface area contributed by atoms with Gasteiger partial charge in [-0.15, -0.1) is 12.4 Å². The summed E-state index contributed by atoms with van der Waals surface area (Å²) >= 11 is 0. The first-order valence-corrected chi connectivity index (χ1v) is 8.50. The SMILES string of the molecule is Cl.O=C1OC2(CCN1C1CCCCC1)C[C@H]1CC[C@@H](C2)N1. The van der Waals surface area contributed by atoms with Crippen molar-refractivity contribution in [1.29, 1.82) is 0 Å². The number of ether oxygens (including phenoxy) is 1. The lowest BCUT2D eigenvalue weighted by atomic mass is 9.83. The third-order valence-electron chi connectivity index (χ3n) is 5.93. The molecule has 0 aromatic heterocycles. The van der Waals surface area contributed by atoms with Gasteiger partial charge < -0.3 is 15.0 Å². The number of nitrogens with one attached hydrogen (secondary N) is 1. The zero-order chi connectivity index (χ0) is 13.6. The van der Waals surface area contributed by atoms with Crippen LogP contribution in [0.1, 0.15) is 64.2 Å². The van der Waals surface area contributed by atoms with E-state index in [1.165, 1.54) is 44.9 Å². The lowest BCUT2D eigenvalue weighted by Gasteiger charge is -2.47. The van der Waals surface area contributed by atoms with E-state index >= 15 is 0 Å². The number of carbonyl (C=O) groups is 1. The molecule has 120 valence electrons. The molecule has 1 spiro atoms. The standard InChI is InChI=1S/C16H26N2O2.ClH/c19-15-18(14-4-2-1-3-5-14)9-8-16(20-15)10-12-6-7-13(11-16)17-12;/h12-14,17H,1-11H2;1H/t12-,13+,16?;. The first-order valence-electron chi connectivity index (χ1n) is 8.50. The molecule has 1 unspecified atom stereocenters. The van der Waals surface area contributed by atoms with Crippen LogP contribution in [0.5, 0.6) is 0 Å². The molecule has 3 atom stereocenters. The fraction of sp³-hybridized carbons (Fsp3) is 0.938. The second kappa shape index (κ2) is 5.96. The molecule has 3 aliphatic heterocycles. The lowest BCUT2D eigenvalue weighted by Crippen LogP contribution is -2.58. The first kappa shape index (κ1) is 15.4. The summed E-state index contributed by atoms with van der Waals surface area (Å²) in [5, 5.41) is 3.65. The Morgan fingerprint density at radius 1 is 1.05 bits per heavy atom. The Morgan fingerprint density at radius 2 is 1.71 bits per heavy atom. The van der Waals surface area contributed by atoms with E-state index in [2.05, 4.69) is 5.32 Å². The van der Waals surface area contributed by atoms with Gasteiger partial charge in [-0.05, 0) is 25.7 Å². The van der Waals surface area contributed by atoms with Crippen LogP contribution in [0.15, 0.2) is 0 Å². The number of halogens is 1. The van der Waals surface area contributed by atoms with Gasteiger partial charge in [0, 0.05) is 43.9 Å². The Balaban J connectivity index is 0.00000132. The summed E-state index contributed by atoms with van der Waals surface area (Å²) in [6.45, 7) is 0.920. The number of fused-ring (bicyclic) bond motifs is 2. The van der Waals surface area contributed by atoms with Crippen molar-refractivity contribution in [3.8, 4) is 0 Å². The van der Waals surface area contributed by atoms with E-state index in [4.69, 9.17) is 4.74 Å². The van der Waals surface area contributed by atoms with Gasteiger partial charge in [0.15, 0.2) is 0 Å². The summed E-state index contributed by atoms with van der Waals surface area (Å²) in [5.41, 5.74) is -0.140. The van der Waals surface area contributed by atoms with Crippen molar-refractivity contribution in [3.05, 3.63) is 0 Å². The summed E-state index contributed by atoms with van der Waals surface area (Å²) in [6.07, 6.45) is 11.8. The maximum Gasteiger partial charge on any atom is 0.410 e. The molecule has 3 heterocycles. The zero-order valence-corrected chi connectivity index (χ0v) is 13.5. The molecule has 0 aromatic carbocycles. The minimum atomic E-state index is -0.140. The van der Waals surface area contributed by atoms with E-state index in [9.17, 15) is 4.79 Å². The minimum Gasteiger partial charge on any atom is -0.443 e. The van der Waals surface area contributed by atoms with Crippen LogP contribution in [-0.4, -0.2) is 41.3 Å². The highest BCUT2D eigenvalue weighted by atomic mass is 35.5. The van der Waals surface area contributed by atoms with Gasteiger partial charge in [0.2, 0.25) is 0 Å². The predicted molar refractivity (Wildman–Crippen MR) is 83.8 cm³/mol. The van der Waals surface area contributed by atoms with E-state index in [-0.39, 0.29) is 24.1 Å². The second-order valence-electron chi connectivity index (χ2n) is 7.33. The quantitative estimate of drug-likeness (QED) is 0.808. The van der Waals surface area contributed by atoms with Gasteiger partial charge in [-0.1, -0.05) is 19.3 Å². The Bertz CT molecular complexity index is 386. The van der Waals surface area contributed by atoms with E-state index in [1.54, 1.807) is 0 Å². The van der Waals surface area contributed by atoms with Crippen molar-refractivity contribution in [2.24, 2.45) is 0 Å². The smallest absolute Gasteiger partial charge is 0.410 e. The highest BCUT2D eigenvalue weighted by Crippen LogP contribution is 2.42. The van der Waals surface area contributed by atoms with Crippen LogP contribution in [0, 0.1) is 0 Å². The Hall–Kier alpha value is -0.480. The molecule has 1 aliphatic carbocycles. The van der Waals surface area contributed by atoms with Crippen LogP contribution in [0.2, 0.25) is 0 Å². The summed E-state index contributed by atoms with van der Waals surface area (Å²) in [6, 6.07) is 1.62. The van der Waals surface area contributed by atoms with Crippen molar-refractivity contribution in [2.45, 2.75) is 87.9 Å². The van der Waals surface area contributed by atoms with Crippen molar-refractivity contribution in [1.82, 2.24) is 10.2 Å².